The molecule has 3 nitrogen and oxygen atoms in total. The molecule has 1 aromatic carbocycles. The summed E-state index contributed by atoms with van der Waals surface area (Å²) in [5.41, 5.74) is 2.36. The first-order chi connectivity index (χ1) is 9.79. The van der Waals surface area contributed by atoms with Gasteiger partial charge in [-0.05, 0) is 30.6 Å². The van der Waals surface area contributed by atoms with E-state index in [1.165, 1.54) is 5.56 Å². The second kappa shape index (κ2) is 5.94. The molecule has 2 heterocycles. The highest BCUT2D eigenvalue weighted by molar-refractivity contribution is 7.71. The highest BCUT2D eigenvalue weighted by Crippen LogP contribution is 2.28. The monoisotopic (exact) mass is 288 g/mol. The lowest BCUT2D eigenvalue weighted by Gasteiger charge is -2.18. The lowest BCUT2D eigenvalue weighted by atomic mass is 9.99. The Balaban J connectivity index is 1.90. The molecule has 1 fully saturated rings. The number of hydrogen-bond donors (Lipinski definition) is 1. The highest BCUT2D eigenvalue weighted by atomic mass is 32.1. The van der Waals surface area contributed by atoms with Crippen LogP contribution in [0.25, 0.3) is 11.3 Å². The highest BCUT2D eigenvalue weighted by Gasteiger charge is 2.27. The Morgan fingerprint density at radius 3 is 2.90 bits per heavy atom. The van der Waals surface area contributed by atoms with Crippen molar-refractivity contribution >= 4 is 12.2 Å². The Morgan fingerprint density at radius 2 is 2.15 bits per heavy atom. The molecule has 2 unspecified atom stereocenters. The molecule has 3 rings (SSSR count). The summed E-state index contributed by atoms with van der Waals surface area (Å²) >= 11 is 5.45. The molecule has 4 heteroatoms. The summed E-state index contributed by atoms with van der Waals surface area (Å²) in [6.45, 7) is 4.00. The summed E-state index contributed by atoms with van der Waals surface area (Å²) in [5.74, 6) is 0.560. The van der Waals surface area contributed by atoms with E-state index in [0.717, 1.165) is 36.5 Å². The zero-order chi connectivity index (χ0) is 13.9. The maximum Gasteiger partial charge on any atom is 0.177 e. The molecule has 1 N–H and O–H groups in total. The molecule has 0 radical (unpaired) electrons. The average Bonchev–Trinajstić information content (AvgIpc) is 3.08. The first-order valence-corrected chi connectivity index (χ1v) is 7.65. The van der Waals surface area contributed by atoms with Gasteiger partial charge >= 0.3 is 0 Å². The Morgan fingerprint density at radius 1 is 1.35 bits per heavy atom. The van der Waals surface area contributed by atoms with E-state index < -0.39 is 0 Å². The quantitative estimate of drug-likeness (QED) is 0.861. The smallest absolute Gasteiger partial charge is 0.177 e. The number of benzene rings is 1. The molecule has 1 aliphatic rings. The van der Waals surface area contributed by atoms with E-state index >= 15 is 0 Å². The van der Waals surface area contributed by atoms with Gasteiger partial charge in [-0.3, -0.25) is 0 Å². The van der Waals surface area contributed by atoms with Crippen molar-refractivity contribution < 1.29 is 4.74 Å². The van der Waals surface area contributed by atoms with Gasteiger partial charge in [0.1, 0.15) is 0 Å². The molecule has 1 aromatic heterocycles. The summed E-state index contributed by atoms with van der Waals surface area (Å²) in [6, 6.07) is 10.4. The van der Waals surface area contributed by atoms with Crippen LogP contribution >= 0.6 is 12.2 Å². The molecule has 1 aliphatic heterocycles. The van der Waals surface area contributed by atoms with Crippen molar-refractivity contribution in [2.24, 2.45) is 5.92 Å². The number of ether oxygens (including phenoxy) is 1. The number of nitrogens with one attached hydrogen (secondary N) is 1. The van der Waals surface area contributed by atoms with Crippen LogP contribution in [0.4, 0.5) is 0 Å². The first kappa shape index (κ1) is 13.6. The van der Waals surface area contributed by atoms with Gasteiger partial charge in [-0.1, -0.05) is 37.3 Å². The third-order valence-corrected chi connectivity index (χ3v) is 4.44. The Bertz CT molecular complexity index is 617. The van der Waals surface area contributed by atoms with Gasteiger partial charge in [-0.2, -0.15) is 0 Å². The lowest BCUT2D eigenvalue weighted by Crippen LogP contribution is -2.20. The van der Waals surface area contributed by atoms with E-state index in [0.29, 0.717) is 12.0 Å². The fourth-order valence-corrected chi connectivity index (χ4v) is 3.24. The van der Waals surface area contributed by atoms with E-state index in [1.54, 1.807) is 0 Å². The average molecular weight is 288 g/mol. The zero-order valence-electron chi connectivity index (χ0n) is 11.7. The van der Waals surface area contributed by atoms with Gasteiger partial charge in [0.2, 0.25) is 0 Å². The second-order valence-corrected chi connectivity index (χ2v) is 5.71. The summed E-state index contributed by atoms with van der Waals surface area (Å²) in [7, 11) is 0. The first-order valence-electron chi connectivity index (χ1n) is 7.25. The van der Waals surface area contributed by atoms with Gasteiger partial charge < -0.3 is 14.3 Å². The molecule has 0 bridgehead atoms. The Labute approximate surface area is 124 Å². The van der Waals surface area contributed by atoms with Crippen LogP contribution in [0.15, 0.2) is 36.5 Å². The van der Waals surface area contributed by atoms with E-state index in [4.69, 9.17) is 17.0 Å². The number of imidazole rings is 1. The molecule has 106 valence electrons. The normalized spacial score (nSPS) is 22.2. The topological polar surface area (TPSA) is 29.9 Å². The van der Waals surface area contributed by atoms with Gasteiger partial charge in [0.05, 0.1) is 11.8 Å². The predicted molar refractivity (Wildman–Crippen MR) is 83.2 cm³/mol. The molecule has 0 spiro atoms. The van der Waals surface area contributed by atoms with Gasteiger partial charge in [0, 0.05) is 25.3 Å². The molecule has 2 aromatic rings. The number of aromatic amines is 1. The van der Waals surface area contributed by atoms with E-state index in [1.807, 2.05) is 12.3 Å². The second-order valence-electron chi connectivity index (χ2n) is 5.32. The third kappa shape index (κ3) is 2.58. The molecule has 0 aliphatic carbocycles. The van der Waals surface area contributed by atoms with Crippen molar-refractivity contribution in [1.29, 1.82) is 0 Å². The minimum atomic E-state index is 0.371. The van der Waals surface area contributed by atoms with E-state index in [9.17, 15) is 0 Å². The molecule has 1 saturated heterocycles. The number of hydrogen-bond acceptors (Lipinski definition) is 2. The third-order valence-electron chi connectivity index (χ3n) is 4.10. The summed E-state index contributed by atoms with van der Waals surface area (Å²) < 4.78 is 8.80. The Hall–Kier alpha value is -1.39. The number of nitrogens with zero attached hydrogens (tertiary/aromatic N) is 1. The van der Waals surface area contributed by atoms with Crippen molar-refractivity contribution in [3.63, 3.8) is 0 Å². The van der Waals surface area contributed by atoms with E-state index in [2.05, 4.69) is 40.7 Å². The van der Waals surface area contributed by atoms with Crippen LogP contribution in [0, 0.1) is 10.7 Å². The van der Waals surface area contributed by atoms with Crippen molar-refractivity contribution in [2.75, 3.05) is 6.61 Å². The molecule has 0 saturated carbocycles. The maximum atomic E-state index is 5.79. The van der Waals surface area contributed by atoms with E-state index in [-0.39, 0.29) is 0 Å². The minimum absolute atomic E-state index is 0.371. The molecular formula is C16H20N2OS. The van der Waals surface area contributed by atoms with Crippen LogP contribution in [0.3, 0.4) is 0 Å². The van der Waals surface area contributed by atoms with Crippen LogP contribution < -0.4 is 0 Å². The van der Waals surface area contributed by atoms with Crippen LogP contribution in [0.1, 0.15) is 19.8 Å². The molecule has 2 atom stereocenters. The standard InChI is InChI=1S/C16H20N2OS/c1-2-15-13(8-9-19-15)11-18-14(10-17-16(18)20)12-6-4-3-5-7-12/h3-7,10,13,15H,2,8-9,11H2,1H3,(H,17,20). The fraction of sp³-hybridized carbons (Fsp3) is 0.438. The molecular weight excluding hydrogens is 268 g/mol. The SMILES string of the molecule is CCC1OCCC1Cn1c(-c2ccccc2)c[nH]c1=S. The van der Waals surface area contributed by atoms with Crippen molar-refractivity contribution in [3.05, 3.63) is 41.3 Å². The van der Waals surface area contributed by atoms with Gasteiger partial charge in [0.15, 0.2) is 4.77 Å². The summed E-state index contributed by atoms with van der Waals surface area (Å²) in [4.78, 5) is 3.18. The maximum absolute atomic E-state index is 5.79. The van der Waals surface area contributed by atoms with Gasteiger partial charge in [0.25, 0.3) is 0 Å². The predicted octanol–water partition coefficient (Wildman–Crippen LogP) is 4.03. The summed E-state index contributed by atoms with van der Waals surface area (Å²) in [5, 5.41) is 0. The molecule has 20 heavy (non-hydrogen) atoms. The van der Waals surface area contributed by atoms with Crippen molar-refractivity contribution in [3.8, 4) is 11.3 Å². The van der Waals surface area contributed by atoms with Crippen LogP contribution in [-0.2, 0) is 11.3 Å². The number of H-pyrrole nitrogens is 1. The van der Waals surface area contributed by atoms with Crippen LogP contribution in [0.5, 0.6) is 0 Å². The Kier molecular flexibility index (Phi) is 4.03. The summed E-state index contributed by atoms with van der Waals surface area (Å²) in [6.07, 6.45) is 4.58. The number of aromatic nitrogens is 2. The van der Waals surface area contributed by atoms with Crippen molar-refractivity contribution in [1.82, 2.24) is 9.55 Å². The minimum Gasteiger partial charge on any atom is -0.378 e. The zero-order valence-corrected chi connectivity index (χ0v) is 12.5. The number of rotatable bonds is 4. The van der Waals surface area contributed by atoms with Gasteiger partial charge in [-0.25, -0.2) is 0 Å². The fourth-order valence-electron chi connectivity index (χ4n) is 3.01. The lowest BCUT2D eigenvalue weighted by molar-refractivity contribution is 0.0835. The van der Waals surface area contributed by atoms with Crippen LogP contribution in [0.2, 0.25) is 0 Å². The van der Waals surface area contributed by atoms with Crippen molar-refractivity contribution in [2.45, 2.75) is 32.4 Å². The largest absolute Gasteiger partial charge is 0.378 e. The molecule has 0 amide bonds. The van der Waals surface area contributed by atoms with Crippen LogP contribution in [-0.4, -0.2) is 22.3 Å². The van der Waals surface area contributed by atoms with Gasteiger partial charge in [-0.15, -0.1) is 0 Å².